The normalized spacial score (nSPS) is 23.9. The molecule has 0 amide bonds. The second-order valence-electron chi connectivity index (χ2n) is 4.82. The molecule has 3 N–H and O–H groups in total. The summed E-state index contributed by atoms with van der Waals surface area (Å²) < 4.78 is 2.20. The van der Waals surface area contributed by atoms with Gasteiger partial charge in [0.1, 0.15) is 0 Å². The van der Waals surface area contributed by atoms with Gasteiger partial charge in [-0.1, -0.05) is 12.8 Å². The van der Waals surface area contributed by atoms with Crippen molar-refractivity contribution in [3.63, 3.8) is 0 Å². The summed E-state index contributed by atoms with van der Waals surface area (Å²) in [5.41, 5.74) is 5.18. The number of rotatable bonds is 2. The van der Waals surface area contributed by atoms with Gasteiger partial charge < -0.3 is 11.1 Å². The topological polar surface area (TPSA) is 94.9 Å². The van der Waals surface area contributed by atoms with Crippen molar-refractivity contribution in [3.8, 4) is 0 Å². The van der Waals surface area contributed by atoms with Gasteiger partial charge in [0, 0.05) is 26.2 Å². The molecule has 0 aromatic carbocycles. The molecule has 1 aromatic heterocycles. The van der Waals surface area contributed by atoms with Crippen molar-refractivity contribution in [1.29, 1.82) is 0 Å². The molecule has 2 rings (SSSR count). The monoisotopic (exact) mass is 253 g/mol. The maximum atomic E-state index is 11.9. The van der Waals surface area contributed by atoms with Crippen LogP contribution in [-0.4, -0.2) is 26.4 Å². The van der Waals surface area contributed by atoms with E-state index in [0.29, 0.717) is 0 Å². The van der Waals surface area contributed by atoms with Crippen LogP contribution in [0.3, 0.4) is 0 Å². The van der Waals surface area contributed by atoms with Crippen LogP contribution in [0.15, 0.2) is 9.59 Å². The van der Waals surface area contributed by atoms with Crippen LogP contribution < -0.4 is 22.3 Å². The Morgan fingerprint density at radius 3 is 2.61 bits per heavy atom. The maximum Gasteiger partial charge on any atom is 0.346 e. The molecule has 18 heavy (non-hydrogen) atoms. The third-order valence-electron chi connectivity index (χ3n) is 3.46. The van der Waals surface area contributed by atoms with Crippen LogP contribution in [-0.2, 0) is 14.1 Å². The molecule has 0 aliphatic heterocycles. The van der Waals surface area contributed by atoms with E-state index in [1.807, 2.05) is 0 Å². The Morgan fingerprint density at radius 2 is 1.94 bits per heavy atom. The minimum absolute atomic E-state index is 0.0301. The van der Waals surface area contributed by atoms with Crippen LogP contribution in [0, 0.1) is 0 Å². The molecule has 1 heterocycles. The SMILES string of the molecule is Cn1nc(N[C@@H]2CCCC[C@H]2N)c(=O)n(C)c1=O. The Morgan fingerprint density at radius 1 is 1.28 bits per heavy atom. The van der Waals surface area contributed by atoms with Gasteiger partial charge in [0.15, 0.2) is 0 Å². The van der Waals surface area contributed by atoms with Gasteiger partial charge in [-0.05, 0) is 12.8 Å². The average molecular weight is 253 g/mol. The fraction of sp³-hybridized carbons (Fsp3) is 0.727. The lowest BCUT2D eigenvalue weighted by atomic mass is 9.91. The Kier molecular flexibility index (Phi) is 3.51. The highest BCUT2D eigenvalue weighted by Gasteiger charge is 2.23. The van der Waals surface area contributed by atoms with Gasteiger partial charge in [-0.15, -0.1) is 5.10 Å². The van der Waals surface area contributed by atoms with E-state index in [0.717, 1.165) is 34.9 Å². The summed E-state index contributed by atoms with van der Waals surface area (Å²) in [7, 11) is 2.96. The molecule has 0 radical (unpaired) electrons. The summed E-state index contributed by atoms with van der Waals surface area (Å²) in [6.45, 7) is 0. The molecule has 100 valence electrons. The predicted molar refractivity (Wildman–Crippen MR) is 68.6 cm³/mol. The minimum Gasteiger partial charge on any atom is -0.360 e. The number of hydrogen-bond acceptors (Lipinski definition) is 5. The number of anilines is 1. The number of nitrogens with two attached hydrogens (primary N) is 1. The van der Waals surface area contributed by atoms with Crippen molar-refractivity contribution in [2.45, 2.75) is 37.8 Å². The van der Waals surface area contributed by atoms with Crippen LogP contribution in [0.2, 0.25) is 0 Å². The zero-order chi connectivity index (χ0) is 13.3. The molecule has 0 spiro atoms. The first-order valence-electron chi connectivity index (χ1n) is 6.17. The van der Waals surface area contributed by atoms with Crippen LogP contribution >= 0.6 is 0 Å². The summed E-state index contributed by atoms with van der Waals surface area (Å²) in [6, 6.07) is 0.0824. The third-order valence-corrected chi connectivity index (χ3v) is 3.46. The number of nitrogens with one attached hydrogen (secondary N) is 1. The van der Waals surface area contributed by atoms with Crippen molar-refractivity contribution in [1.82, 2.24) is 14.3 Å². The van der Waals surface area contributed by atoms with Gasteiger partial charge >= 0.3 is 5.69 Å². The summed E-state index contributed by atoms with van der Waals surface area (Å²) >= 11 is 0. The first-order valence-corrected chi connectivity index (χ1v) is 6.17. The zero-order valence-electron chi connectivity index (χ0n) is 10.7. The highest BCUT2D eigenvalue weighted by atomic mass is 16.2. The second kappa shape index (κ2) is 4.93. The fourth-order valence-electron chi connectivity index (χ4n) is 2.30. The van der Waals surface area contributed by atoms with E-state index in [-0.39, 0.29) is 17.9 Å². The van der Waals surface area contributed by atoms with E-state index >= 15 is 0 Å². The van der Waals surface area contributed by atoms with Crippen molar-refractivity contribution in [2.24, 2.45) is 19.8 Å². The Balaban J connectivity index is 2.29. The Hall–Kier alpha value is -1.63. The lowest BCUT2D eigenvalue weighted by Gasteiger charge is -2.29. The third kappa shape index (κ3) is 2.31. The van der Waals surface area contributed by atoms with Crippen molar-refractivity contribution < 1.29 is 0 Å². The zero-order valence-corrected chi connectivity index (χ0v) is 10.7. The summed E-state index contributed by atoms with van der Waals surface area (Å²) in [4.78, 5) is 23.4. The molecule has 2 atom stereocenters. The molecule has 7 heteroatoms. The highest BCUT2D eigenvalue weighted by molar-refractivity contribution is 5.32. The van der Waals surface area contributed by atoms with E-state index in [9.17, 15) is 9.59 Å². The van der Waals surface area contributed by atoms with E-state index in [2.05, 4.69) is 10.4 Å². The molecule has 7 nitrogen and oxygen atoms in total. The maximum absolute atomic E-state index is 11.9. The van der Waals surface area contributed by atoms with Gasteiger partial charge in [0.05, 0.1) is 0 Å². The van der Waals surface area contributed by atoms with Crippen molar-refractivity contribution in [3.05, 3.63) is 20.8 Å². The molecule has 1 aromatic rings. The standard InChI is InChI=1S/C11H19N5O2/c1-15-10(17)9(14-16(2)11(15)18)13-8-6-4-3-5-7(8)12/h7-8H,3-6,12H2,1-2H3,(H,13,14)/t7-,8-/m1/s1. The number of hydrogen-bond donors (Lipinski definition) is 2. The van der Waals surface area contributed by atoms with Gasteiger partial charge in [0.25, 0.3) is 5.56 Å². The lowest BCUT2D eigenvalue weighted by Crippen LogP contribution is -2.46. The summed E-state index contributed by atoms with van der Waals surface area (Å²) in [6.07, 6.45) is 4.09. The predicted octanol–water partition coefficient (Wildman–Crippen LogP) is -0.839. The van der Waals surface area contributed by atoms with Crippen LogP contribution in [0.5, 0.6) is 0 Å². The van der Waals surface area contributed by atoms with E-state index in [1.54, 1.807) is 0 Å². The minimum atomic E-state index is -0.432. The van der Waals surface area contributed by atoms with Gasteiger partial charge in [0.2, 0.25) is 5.82 Å². The second-order valence-corrected chi connectivity index (χ2v) is 4.82. The molecule has 1 aliphatic carbocycles. The van der Waals surface area contributed by atoms with E-state index in [1.165, 1.54) is 14.1 Å². The smallest absolute Gasteiger partial charge is 0.346 e. The van der Waals surface area contributed by atoms with Crippen LogP contribution in [0.4, 0.5) is 5.82 Å². The molecule has 0 bridgehead atoms. The van der Waals surface area contributed by atoms with Crippen molar-refractivity contribution >= 4 is 5.82 Å². The molecule has 1 fully saturated rings. The highest BCUT2D eigenvalue weighted by Crippen LogP contribution is 2.18. The molecule has 0 unspecified atom stereocenters. The van der Waals surface area contributed by atoms with E-state index < -0.39 is 11.2 Å². The Bertz CT molecular complexity index is 547. The lowest BCUT2D eigenvalue weighted by molar-refractivity contribution is 0.401. The first-order chi connectivity index (χ1) is 8.50. The van der Waals surface area contributed by atoms with Crippen LogP contribution in [0.1, 0.15) is 25.7 Å². The molecule has 1 saturated carbocycles. The quantitative estimate of drug-likeness (QED) is 0.716. The largest absolute Gasteiger partial charge is 0.360 e. The average Bonchev–Trinajstić information content (AvgIpc) is 2.36. The Labute approximate surface area is 105 Å². The first kappa shape index (κ1) is 12.8. The van der Waals surface area contributed by atoms with Crippen LogP contribution in [0.25, 0.3) is 0 Å². The van der Waals surface area contributed by atoms with Crippen molar-refractivity contribution in [2.75, 3.05) is 5.32 Å². The number of nitrogens with zero attached hydrogens (tertiary/aromatic N) is 3. The number of aryl methyl sites for hydroxylation is 1. The molecule has 0 saturated heterocycles. The van der Waals surface area contributed by atoms with E-state index in [4.69, 9.17) is 5.73 Å². The summed E-state index contributed by atoms with van der Waals surface area (Å²) in [5, 5.41) is 7.04. The summed E-state index contributed by atoms with van der Waals surface area (Å²) in [5.74, 6) is 0.196. The number of aromatic nitrogens is 3. The molecule has 1 aliphatic rings. The van der Waals surface area contributed by atoms with Gasteiger partial charge in [-0.2, -0.15) is 0 Å². The van der Waals surface area contributed by atoms with Gasteiger partial charge in [-0.25, -0.2) is 9.48 Å². The fourth-order valence-corrected chi connectivity index (χ4v) is 2.30. The van der Waals surface area contributed by atoms with Gasteiger partial charge in [-0.3, -0.25) is 9.36 Å². The molecular weight excluding hydrogens is 234 g/mol. The molecular formula is C11H19N5O2.